The van der Waals surface area contributed by atoms with Crippen LogP contribution in [0.1, 0.15) is 21.5 Å². The summed E-state index contributed by atoms with van der Waals surface area (Å²) in [5.41, 5.74) is 4.20. The van der Waals surface area contributed by atoms with E-state index in [1.807, 2.05) is 61.5 Å². The maximum absolute atomic E-state index is 12.5. The molecule has 4 rings (SSSR count). The van der Waals surface area contributed by atoms with Gasteiger partial charge in [-0.25, -0.2) is 4.79 Å². The summed E-state index contributed by atoms with van der Waals surface area (Å²) in [6, 6.07) is 22.8. The van der Waals surface area contributed by atoms with E-state index in [1.165, 1.54) is 0 Å². The van der Waals surface area contributed by atoms with Crippen molar-refractivity contribution in [2.75, 3.05) is 0 Å². The number of aromatic nitrogens is 1. The minimum atomic E-state index is -0.365. The Balaban J connectivity index is 1.60. The van der Waals surface area contributed by atoms with E-state index in [1.54, 1.807) is 18.2 Å². The first-order chi connectivity index (χ1) is 12.7. The van der Waals surface area contributed by atoms with Crippen molar-refractivity contribution in [2.24, 2.45) is 0 Å². The molecule has 0 unspecified atom stereocenters. The Morgan fingerprint density at radius 1 is 1.00 bits per heavy atom. The van der Waals surface area contributed by atoms with Crippen LogP contribution in [0.4, 0.5) is 0 Å². The van der Waals surface area contributed by atoms with Gasteiger partial charge in [0.1, 0.15) is 12.1 Å². The van der Waals surface area contributed by atoms with Crippen molar-refractivity contribution in [1.82, 2.24) is 5.16 Å². The average molecular weight is 343 g/mol. The second kappa shape index (κ2) is 6.84. The minimum absolute atomic E-state index is 0.249. The molecule has 0 radical (unpaired) electrons. The predicted octanol–water partition coefficient (Wildman–Crippen LogP) is 5.16. The summed E-state index contributed by atoms with van der Waals surface area (Å²) in [6.07, 6.45) is 0. The quantitative estimate of drug-likeness (QED) is 0.480. The van der Waals surface area contributed by atoms with Crippen LogP contribution in [0.5, 0.6) is 0 Å². The Morgan fingerprint density at radius 3 is 2.58 bits per heavy atom. The topological polar surface area (TPSA) is 52.3 Å². The molecule has 1 aromatic heterocycles. The molecule has 0 atom stereocenters. The maximum Gasteiger partial charge on any atom is 0.338 e. The molecular formula is C22H17NO3. The average Bonchev–Trinajstić information content (AvgIpc) is 3.11. The molecule has 3 aromatic carbocycles. The number of nitrogens with zero attached hydrogens (tertiary/aromatic N) is 1. The number of aryl methyl sites for hydroxylation is 1. The van der Waals surface area contributed by atoms with Crippen molar-refractivity contribution in [3.8, 4) is 11.3 Å². The van der Waals surface area contributed by atoms with Crippen LogP contribution >= 0.6 is 0 Å². The number of hydrogen-bond acceptors (Lipinski definition) is 4. The Morgan fingerprint density at radius 2 is 1.77 bits per heavy atom. The molecule has 0 aliphatic heterocycles. The van der Waals surface area contributed by atoms with Crippen LogP contribution in [0.2, 0.25) is 0 Å². The van der Waals surface area contributed by atoms with Gasteiger partial charge >= 0.3 is 5.97 Å². The number of fused-ring (bicyclic) bond motifs is 1. The first kappa shape index (κ1) is 16.1. The third-order valence-corrected chi connectivity index (χ3v) is 4.37. The zero-order valence-electron chi connectivity index (χ0n) is 14.3. The second-order valence-corrected chi connectivity index (χ2v) is 6.11. The van der Waals surface area contributed by atoms with Gasteiger partial charge in [-0.15, -0.1) is 0 Å². The van der Waals surface area contributed by atoms with Crippen LogP contribution < -0.4 is 0 Å². The van der Waals surface area contributed by atoms with Crippen LogP contribution in [0.3, 0.4) is 0 Å². The third kappa shape index (κ3) is 3.09. The van der Waals surface area contributed by atoms with E-state index in [0.29, 0.717) is 16.8 Å². The van der Waals surface area contributed by atoms with Crippen molar-refractivity contribution >= 4 is 16.9 Å². The number of benzene rings is 3. The summed E-state index contributed by atoms with van der Waals surface area (Å²) in [6.45, 7) is 2.25. The number of carbonyl (C=O) groups excluding carboxylic acids is 1. The molecular weight excluding hydrogens is 326 g/mol. The molecule has 128 valence electrons. The van der Waals surface area contributed by atoms with Crippen molar-refractivity contribution in [1.29, 1.82) is 0 Å². The van der Waals surface area contributed by atoms with E-state index in [4.69, 9.17) is 9.26 Å². The molecule has 0 saturated heterocycles. The Kier molecular flexibility index (Phi) is 4.23. The minimum Gasteiger partial charge on any atom is -0.457 e. The van der Waals surface area contributed by atoms with Crippen LogP contribution in [0.25, 0.3) is 22.2 Å². The molecule has 0 N–H and O–H groups in total. The summed E-state index contributed by atoms with van der Waals surface area (Å²) in [5.74, 6) is 0.282. The van der Waals surface area contributed by atoms with Gasteiger partial charge in [0.15, 0.2) is 5.76 Å². The highest BCUT2D eigenvalue weighted by atomic mass is 16.5. The molecule has 4 nitrogen and oxygen atoms in total. The van der Waals surface area contributed by atoms with Gasteiger partial charge in [-0.1, -0.05) is 59.8 Å². The Labute approximate surface area is 151 Å². The Hall–Kier alpha value is -3.40. The van der Waals surface area contributed by atoms with E-state index >= 15 is 0 Å². The zero-order valence-corrected chi connectivity index (χ0v) is 14.3. The lowest BCUT2D eigenvalue weighted by atomic mass is 10.1. The van der Waals surface area contributed by atoms with Gasteiger partial charge in [0.2, 0.25) is 0 Å². The van der Waals surface area contributed by atoms with Crippen molar-refractivity contribution in [2.45, 2.75) is 13.5 Å². The summed E-state index contributed by atoms with van der Waals surface area (Å²) >= 11 is 0. The highest BCUT2D eigenvalue weighted by Gasteiger charge is 2.15. The lowest BCUT2D eigenvalue weighted by Crippen LogP contribution is -2.05. The molecule has 0 spiro atoms. The molecule has 0 saturated carbocycles. The van der Waals surface area contributed by atoms with Gasteiger partial charge in [-0.2, -0.15) is 0 Å². The maximum atomic E-state index is 12.5. The lowest BCUT2D eigenvalue weighted by molar-refractivity contribution is 0.0472. The predicted molar refractivity (Wildman–Crippen MR) is 99.7 cm³/mol. The molecule has 0 fully saturated rings. The van der Waals surface area contributed by atoms with Gasteiger partial charge in [0.25, 0.3) is 0 Å². The van der Waals surface area contributed by atoms with Crippen LogP contribution in [-0.2, 0) is 11.3 Å². The fourth-order valence-electron chi connectivity index (χ4n) is 2.86. The van der Waals surface area contributed by atoms with Crippen molar-refractivity contribution < 1.29 is 14.1 Å². The molecule has 4 aromatic rings. The van der Waals surface area contributed by atoms with Crippen LogP contribution in [-0.4, -0.2) is 11.1 Å². The highest BCUT2D eigenvalue weighted by molar-refractivity contribution is 5.98. The fraction of sp³-hybridized carbons (Fsp3) is 0.0909. The van der Waals surface area contributed by atoms with Crippen LogP contribution in [0.15, 0.2) is 77.3 Å². The van der Waals surface area contributed by atoms with Gasteiger partial charge in [-0.3, -0.25) is 0 Å². The first-order valence-electron chi connectivity index (χ1n) is 8.39. The standard InChI is InChI=1S/C22H17NO3/c1-15-7-5-6-10-18(15)14-25-22(24)17-11-12-20-19(13-17)21(26-23-20)16-8-3-2-4-9-16/h2-13H,14H2,1H3. The summed E-state index contributed by atoms with van der Waals surface area (Å²) in [5, 5.41) is 4.87. The number of hydrogen-bond donors (Lipinski definition) is 0. The molecule has 0 aliphatic carbocycles. The molecule has 0 amide bonds. The van der Waals surface area contributed by atoms with E-state index in [2.05, 4.69) is 5.16 Å². The number of esters is 1. The molecule has 26 heavy (non-hydrogen) atoms. The van der Waals surface area contributed by atoms with Gasteiger partial charge in [-0.05, 0) is 36.2 Å². The van der Waals surface area contributed by atoms with E-state index < -0.39 is 0 Å². The molecule has 4 heteroatoms. The molecule has 0 bridgehead atoms. The van der Waals surface area contributed by atoms with Gasteiger partial charge in [0, 0.05) is 5.56 Å². The summed E-state index contributed by atoms with van der Waals surface area (Å²) in [7, 11) is 0. The highest BCUT2D eigenvalue weighted by Crippen LogP contribution is 2.29. The van der Waals surface area contributed by atoms with Crippen LogP contribution in [0, 0.1) is 6.92 Å². The van der Waals surface area contributed by atoms with E-state index in [9.17, 15) is 4.79 Å². The summed E-state index contributed by atoms with van der Waals surface area (Å²) < 4.78 is 11.0. The number of ether oxygens (including phenoxy) is 1. The molecule has 1 heterocycles. The smallest absolute Gasteiger partial charge is 0.338 e. The van der Waals surface area contributed by atoms with Crippen molar-refractivity contribution in [3.05, 3.63) is 89.5 Å². The Bertz CT molecular complexity index is 1070. The van der Waals surface area contributed by atoms with E-state index in [0.717, 1.165) is 22.1 Å². The largest absolute Gasteiger partial charge is 0.457 e. The summed E-state index contributed by atoms with van der Waals surface area (Å²) in [4.78, 5) is 12.5. The number of carbonyl (C=O) groups is 1. The van der Waals surface area contributed by atoms with Gasteiger partial charge < -0.3 is 9.26 Å². The first-order valence-corrected chi connectivity index (χ1v) is 8.39. The fourth-order valence-corrected chi connectivity index (χ4v) is 2.86. The SMILES string of the molecule is Cc1ccccc1COC(=O)c1ccc2noc(-c3ccccc3)c2c1. The second-order valence-electron chi connectivity index (χ2n) is 6.11. The van der Waals surface area contributed by atoms with Gasteiger partial charge in [0.05, 0.1) is 10.9 Å². The monoisotopic (exact) mass is 343 g/mol. The van der Waals surface area contributed by atoms with Crippen molar-refractivity contribution in [3.63, 3.8) is 0 Å². The van der Waals surface area contributed by atoms with E-state index in [-0.39, 0.29) is 12.6 Å². The third-order valence-electron chi connectivity index (χ3n) is 4.37. The molecule has 0 aliphatic rings. The lowest BCUT2D eigenvalue weighted by Gasteiger charge is -2.07. The number of rotatable bonds is 4. The zero-order chi connectivity index (χ0) is 17.9. The normalized spacial score (nSPS) is 10.8.